The first-order valence-electron chi connectivity index (χ1n) is 5.61. The second-order valence-electron chi connectivity index (χ2n) is 3.63. The van der Waals surface area contributed by atoms with Crippen molar-refractivity contribution in [1.82, 2.24) is 9.97 Å². The molecule has 0 saturated carbocycles. The molecule has 19 heavy (non-hydrogen) atoms. The van der Waals surface area contributed by atoms with Gasteiger partial charge in [-0.25, -0.2) is 0 Å². The summed E-state index contributed by atoms with van der Waals surface area (Å²) in [5.74, 6) is 0.0941. The van der Waals surface area contributed by atoms with Crippen LogP contribution in [-0.2, 0) is 24.1 Å². The van der Waals surface area contributed by atoms with Gasteiger partial charge in [-0.05, 0) is 0 Å². The molecule has 2 N–H and O–H groups in total. The van der Waals surface area contributed by atoms with Crippen LogP contribution in [0.25, 0.3) is 0 Å². The Bertz CT molecular complexity index is 492. The van der Waals surface area contributed by atoms with Crippen LogP contribution in [0.3, 0.4) is 0 Å². The van der Waals surface area contributed by atoms with E-state index in [0.717, 1.165) is 5.69 Å². The molecule has 0 spiro atoms. The molecule has 7 nitrogen and oxygen atoms in total. The van der Waals surface area contributed by atoms with Crippen LogP contribution in [0.15, 0.2) is 11.1 Å². The van der Waals surface area contributed by atoms with E-state index in [1.165, 1.54) is 25.7 Å². The summed E-state index contributed by atoms with van der Waals surface area (Å²) in [6.07, 6.45) is 1.50. The molecule has 0 aliphatic heterocycles. The number of aliphatic imine (C=N–C) groups is 1. The topological polar surface area (TPSA) is 90.7 Å². The number of hydrogen-bond acceptors (Lipinski definition) is 5. The van der Waals surface area contributed by atoms with E-state index in [1.807, 2.05) is 13.8 Å². The fraction of sp³-hybridized carbons (Fsp3) is 0.364. The van der Waals surface area contributed by atoms with Crippen LogP contribution in [-0.4, -0.2) is 45.0 Å². The minimum absolute atomic E-state index is 0.0907. The van der Waals surface area contributed by atoms with E-state index in [9.17, 15) is 4.79 Å². The maximum atomic E-state index is 10.8. The third-order valence-corrected chi connectivity index (χ3v) is 2.64. The van der Waals surface area contributed by atoms with Gasteiger partial charge < -0.3 is 0 Å². The van der Waals surface area contributed by atoms with Crippen molar-refractivity contribution in [3.8, 4) is 0 Å². The number of carbonyl (C=O) groups is 1. The number of aryl methyl sites for hydroxylation is 1. The Morgan fingerprint density at radius 3 is 2.95 bits per heavy atom. The average molecular weight is 433 g/mol. The normalized spacial score (nSPS) is 10.4. The zero-order valence-corrected chi connectivity index (χ0v) is 13.6. The Morgan fingerprint density at radius 2 is 2.37 bits per heavy atom. The van der Waals surface area contributed by atoms with E-state index in [-0.39, 0.29) is 6.54 Å². The van der Waals surface area contributed by atoms with E-state index >= 15 is 0 Å². The molecule has 8 heteroatoms. The van der Waals surface area contributed by atoms with Gasteiger partial charge in [0.25, 0.3) is 0 Å². The summed E-state index contributed by atoms with van der Waals surface area (Å²) >= 11 is 1.25. The van der Waals surface area contributed by atoms with Crippen LogP contribution in [0, 0.1) is 6.92 Å². The Hall–Kier alpha value is -1.62. The molecule has 0 aromatic carbocycles. The van der Waals surface area contributed by atoms with E-state index in [0.29, 0.717) is 18.3 Å². The van der Waals surface area contributed by atoms with Crippen molar-refractivity contribution in [2.24, 2.45) is 4.99 Å². The van der Waals surface area contributed by atoms with Gasteiger partial charge >= 0.3 is 122 Å². The van der Waals surface area contributed by atoms with E-state index in [2.05, 4.69) is 20.3 Å². The number of hydrogen-bond donors (Lipinski definition) is 2. The Labute approximate surface area is 122 Å². The molecule has 0 aliphatic rings. The summed E-state index contributed by atoms with van der Waals surface area (Å²) < 4.78 is 1.71. The van der Waals surface area contributed by atoms with Crippen molar-refractivity contribution >= 4 is 28.6 Å². The van der Waals surface area contributed by atoms with Crippen LogP contribution in [0.4, 0.5) is 11.8 Å². The van der Waals surface area contributed by atoms with Crippen LogP contribution in [0.5, 0.6) is 0 Å². The Kier molecular flexibility index (Phi) is 6.28. The summed E-state index contributed by atoms with van der Waals surface area (Å²) in [5, 5.41) is 11.7. The van der Waals surface area contributed by atoms with Gasteiger partial charge in [-0.1, -0.05) is 0 Å². The predicted octanol–water partition coefficient (Wildman–Crippen LogP) is 0.443. The molecule has 1 aromatic heterocycles. The zero-order valence-electron chi connectivity index (χ0n) is 10.7. The number of rotatable bonds is 7. The van der Waals surface area contributed by atoms with Crippen LogP contribution >= 0.6 is 0 Å². The van der Waals surface area contributed by atoms with Crippen molar-refractivity contribution in [1.29, 1.82) is 0 Å². The van der Waals surface area contributed by atoms with Gasteiger partial charge in [0.1, 0.15) is 0 Å². The standard InChI is InChI=1S/C11H15N5O2.W/c1-4-16(6-10(17)18)9-5-8(2)14-11(15-9)13-7-12-3;/h3,5,7H,4,6H2,1-2H3,(H,17,18)(H,13,14,15);. The number of carboxylic acid groups (broad SMARTS) is 1. The molecule has 1 rings (SSSR count). The molecule has 0 saturated heterocycles. The number of anilines is 2. The number of likely N-dealkylation sites (N-methyl/N-ethyl adjacent to an activating group) is 1. The average Bonchev–Trinajstić information content (AvgIpc) is 2.35. The van der Waals surface area contributed by atoms with Crippen molar-refractivity contribution in [3.05, 3.63) is 11.8 Å². The summed E-state index contributed by atoms with van der Waals surface area (Å²) in [6.45, 7) is 4.18. The second kappa shape index (κ2) is 7.73. The van der Waals surface area contributed by atoms with Crippen molar-refractivity contribution in [2.75, 3.05) is 23.3 Å². The summed E-state index contributed by atoms with van der Waals surface area (Å²) in [4.78, 5) is 24.9. The molecule has 0 radical (unpaired) electrons. The van der Waals surface area contributed by atoms with Gasteiger partial charge in [0.15, 0.2) is 0 Å². The van der Waals surface area contributed by atoms with Crippen LogP contribution in [0.2, 0.25) is 0 Å². The molecule has 1 aromatic rings. The summed E-state index contributed by atoms with van der Waals surface area (Å²) in [5.41, 5.74) is 0.760. The van der Waals surface area contributed by atoms with E-state index in [1.54, 1.807) is 15.5 Å². The molecule has 102 valence electrons. The molecule has 0 atom stereocenters. The molecule has 0 fully saturated rings. The Morgan fingerprint density at radius 1 is 1.63 bits per heavy atom. The van der Waals surface area contributed by atoms with Crippen molar-refractivity contribution < 1.29 is 29.3 Å². The molecule has 0 aliphatic carbocycles. The third kappa shape index (κ3) is 5.26. The third-order valence-electron chi connectivity index (χ3n) is 2.20. The number of aromatic nitrogens is 2. The minimum atomic E-state index is -0.891. The van der Waals surface area contributed by atoms with Gasteiger partial charge in [-0.15, -0.1) is 0 Å². The van der Waals surface area contributed by atoms with Gasteiger partial charge in [0.2, 0.25) is 0 Å². The van der Waals surface area contributed by atoms with Gasteiger partial charge in [-0.3, -0.25) is 0 Å². The quantitative estimate of drug-likeness (QED) is 0.480. The maximum absolute atomic E-state index is 10.8. The first-order chi connectivity index (χ1) is 9.06. The monoisotopic (exact) mass is 433 g/mol. The van der Waals surface area contributed by atoms with E-state index in [4.69, 9.17) is 5.11 Å². The SMILES string of the molecule is CCN(CC(=O)O)c1cc(C)nc(NC=N[CH]=[W])n1. The van der Waals surface area contributed by atoms with E-state index < -0.39 is 5.97 Å². The summed E-state index contributed by atoms with van der Waals surface area (Å²) in [6, 6.07) is 1.75. The molecular formula is C11H15N5O2W. The predicted molar refractivity (Wildman–Crippen MR) is 70.5 cm³/mol. The number of nitrogens with zero attached hydrogens (tertiary/aromatic N) is 4. The van der Waals surface area contributed by atoms with Gasteiger partial charge in [-0.2, -0.15) is 0 Å². The van der Waals surface area contributed by atoms with Gasteiger partial charge in [0.05, 0.1) is 0 Å². The molecular weight excluding hydrogens is 418 g/mol. The van der Waals surface area contributed by atoms with Gasteiger partial charge in [0, 0.05) is 0 Å². The second-order valence-corrected chi connectivity index (χ2v) is 4.38. The zero-order chi connectivity index (χ0) is 14.3. The first kappa shape index (κ1) is 15.4. The van der Waals surface area contributed by atoms with Crippen LogP contribution in [0.1, 0.15) is 12.6 Å². The number of carboxylic acids is 1. The van der Waals surface area contributed by atoms with Crippen molar-refractivity contribution in [3.63, 3.8) is 0 Å². The molecule has 0 unspecified atom stereocenters. The fourth-order valence-corrected chi connectivity index (χ4v) is 1.64. The molecule has 1 heterocycles. The molecule has 0 amide bonds. The number of aliphatic carboxylic acids is 1. The Balaban J connectivity index is 2.96. The molecule has 0 bridgehead atoms. The van der Waals surface area contributed by atoms with Crippen molar-refractivity contribution in [2.45, 2.75) is 13.8 Å². The fourth-order valence-electron chi connectivity index (χ4n) is 1.42. The van der Waals surface area contributed by atoms with Crippen LogP contribution < -0.4 is 10.2 Å². The summed E-state index contributed by atoms with van der Waals surface area (Å²) in [7, 11) is 0. The number of nitrogens with one attached hydrogen (secondary N) is 1. The first-order valence-corrected chi connectivity index (χ1v) is 7.30.